The normalized spacial score (nSPS) is 18.2. The molecule has 8 heteroatoms. The summed E-state index contributed by atoms with van der Waals surface area (Å²) in [7, 11) is -3.08. The first-order chi connectivity index (χ1) is 5.39. The SMILES string of the molecule is COP(=O)(O)OCC([NH3+])C(=O)O. The molecule has 12 heavy (non-hydrogen) atoms. The second-order valence-electron chi connectivity index (χ2n) is 1.98. The molecule has 5 N–H and O–H groups in total. The fraction of sp³-hybridized carbons (Fsp3) is 0.750. The average molecular weight is 200 g/mol. The highest BCUT2D eigenvalue weighted by Crippen LogP contribution is 2.41. The summed E-state index contributed by atoms with van der Waals surface area (Å²) in [6, 6.07) is -1.08. The van der Waals surface area contributed by atoms with Crippen LogP contribution in [0.3, 0.4) is 0 Å². The Balaban J connectivity index is 3.83. The minimum absolute atomic E-state index is 0.461. The van der Waals surface area contributed by atoms with Crippen LogP contribution in [0.25, 0.3) is 0 Å². The predicted molar refractivity (Wildman–Crippen MR) is 37.1 cm³/mol. The van der Waals surface area contributed by atoms with Crippen LogP contribution in [-0.4, -0.2) is 35.7 Å². The Labute approximate surface area is 68.7 Å². The van der Waals surface area contributed by atoms with E-state index in [-0.39, 0.29) is 0 Å². The molecule has 0 aromatic carbocycles. The van der Waals surface area contributed by atoms with Crippen LogP contribution in [0.1, 0.15) is 0 Å². The second kappa shape index (κ2) is 4.54. The molecule has 0 aliphatic carbocycles. The van der Waals surface area contributed by atoms with E-state index in [0.717, 1.165) is 7.11 Å². The van der Waals surface area contributed by atoms with Crippen molar-refractivity contribution in [2.24, 2.45) is 0 Å². The minimum atomic E-state index is -4.07. The number of rotatable bonds is 5. The van der Waals surface area contributed by atoms with Crippen molar-refractivity contribution in [2.75, 3.05) is 13.7 Å². The van der Waals surface area contributed by atoms with Gasteiger partial charge < -0.3 is 15.7 Å². The van der Waals surface area contributed by atoms with E-state index in [1.807, 2.05) is 0 Å². The van der Waals surface area contributed by atoms with Crippen LogP contribution in [0, 0.1) is 0 Å². The fourth-order valence-corrected chi connectivity index (χ4v) is 0.782. The maximum absolute atomic E-state index is 10.6. The highest BCUT2D eigenvalue weighted by Gasteiger charge is 2.24. The number of carboxylic acids is 1. The van der Waals surface area contributed by atoms with Crippen molar-refractivity contribution >= 4 is 13.8 Å². The monoisotopic (exact) mass is 200 g/mol. The van der Waals surface area contributed by atoms with Crippen molar-refractivity contribution in [2.45, 2.75) is 6.04 Å². The molecule has 0 bridgehead atoms. The van der Waals surface area contributed by atoms with Gasteiger partial charge in [0.05, 0.1) is 0 Å². The zero-order valence-electron chi connectivity index (χ0n) is 6.47. The summed E-state index contributed by atoms with van der Waals surface area (Å²) >= 11 is 0. The van der Waals surface area contributed by atoms with Gasteiger partial charge in [-0.15, -0.1) is 0 Å². The van der Waals surface area contributed by atoms with Gasteiger partial charge in [0.25, 0.3) is 0 Å². The van der Waals surface area contributed by atoms with E-state index in [4.69, 9.17) is 10.00 Å². The summed E-state index contributed by atoms with van der Waals surface area (Å²) in [6.45, 7) is -0.461. The second-order valence-corrected chi connectivity index (χ2v) is 3.54. The van der Waals surface area contributed by atoms with Gasteiger partial charge in [0.1, 0.15) is 6.61 Å². The predicted octanol–water partition coefficient (Wildman–Crippen LogP) is -1.56. The van der Waals surface area contributed by atoms with Gasteiger partial charge in [-0.25, -0.2) is 9.36 Å². The lowest BCUT2D eigenvalue weighted by Crippen LogP contribution is -2.67. The Kier molecular flexibility index (Phi) is 4.36. The van der Waals surface area contributed by atoms with Crippen LogP contribution >= 0.6 is 7.82 Å². The number of aliphatic carboxylic acids is 1. The van der Waals surface area contributed by atoms with Crippen molar-refractivity contribution in [1.82, 2.24) is 0 Å². The molecule has 72 valence electrons. The number of hydrogen-bond donors (Lipinski definition) is 3. The van der Waals surface area contributed by atoms with E-state index in [9.17, 15) is 9.36 Å². The van der Waals surface area contributed by atoms with Gasteiger partial charge in [0, 0.05) is 7.11 Å². The molecule has 0 radical (unpaired) electrons. The van der Waals surface area contributed by atoms with Gasteiger partial charge in [-0.05, 0) is 0 Å². The number of carboxylic acid groups (broad SMARTS) is 1. The van der Waals surface area contributed by atoms with Crippen molar-refractivity contribution in [3.63, 3.8) is 0 Å². The summed E-state index contributed by atoms with van der Waals surface area (Å²) in [6.07, 6.45) is 0. The van der Waals surface area contributed by atoms with Crippen molar-refractivity contribution < 1.29 is 34.1 Å². The van der Waals surface area contributed by atoms with Gasteiger partial charge in [-0.1, -0.05) is 0 Å². The molecule has 0 fully saturated rings. The van der Waals surface area contributed by atoms with Gasteiger partial charge in [-0.3, -0.25) is 9.05 Å². The van der Waals surface area contributed by atoms with Crippen molar-refractivity contribution in [3.05, 3.63) is 0 Å². The zero-order valence-corrected chi connectivity index (χ0v) is 7.36. The first-order valence-electron chi connectivity index (χ1n) is 2.98. The summed E-state index contributed by atoms with van der Waals surface area (Å²) in [4.78, 5) is 18.8. The molecular weight excluding hydrogens is 189 g/mol. The molecule has 7 nitrogen and oxygen atoms in total. The van der Waals surface area contributed by atoms with E-state index in [1.165, 1.54) is 0 Å². The van der Waals surface area contributed by atoms with Crippen LogP contribution in [0.15, 0.2) is 0 Å². The lowest BCUT2D eigenvalue weighted by Gasteiger charge is -2.09. The molecule has 0 aliphatic heterocycles. The maximum Gasteiger partial charge on any atom is 0.472 e. The van der Waals surface area contributed by atoms with Gasteiger partial charge in [0.2, 0.25) is 6.04 Å². The standard InChI is InChI=1S/C4H10NO6P/c1-10-12(8,9)11-2-3(5)4(6)7/h3H,2,5H2,1H3,(H,6,7)(H,8,9)/p+1. The Morgan fingerprint density at radius 1 is 1.75 bits per heavy atom. The van der Waals surface area contributed by atoms with E-state index in [0.29, 0.717) is 0 Å². The Bertz CT molecular complexity index is 206. The molecule has 0 aliphatic rings. The lowest BCUT2D eigenvalue weighted by atomic mass is 10.3. The smallest absolute Gasteiger partial charge is 0.472 e. The third-order valence-corrected chi connectivity index (χ3v) is 1.96. The number of hydrogen-bond acceptors (Lipinski definition) is 4. The number of carbonyl (C=O) groups is 1. The topological polar surface area (TPSA) is 121 Å². The minimum Gasteiger partial charge on any atom is -0.477 e. The molecule has 0 amide bonds. The number of phosphoric acid groups is 1. The maximum atomic E-state index is 10.6. The van der Waals surface area contributed by atoms with Crippen molar-refractivity contribution in [1.29, 1.82) is 0 Å². The fourth-order valence-electron chi connectivity index (χ4n) is 0.308. The Morgan fingerprint density at radius 2 is 2.25 bits per heavy atom. The highest BCUT2D eigenvalue weighted by molar-refractivity contribution is 7.47. The van der Waals surface area contributed by atoms with E-state index >= 15 is 0 Å². The highest BCUT2D eigenvalue weighted by atomic mass is 31.2. The van der Waals surface area contributed by atoms with Crippen LogP contribution in [0.2, 0.25) is 0 Å². The molecular formula is C4H11NO6P+. The summed E-state index contributed by atoms with van der Waals surface area (Å²) < 4.78 is 18.9. The lowest BCUT2D eigenvalue weighted by molar-refractivity contribution is -0.411. The molecule has 0 heterocycles. The molecule has 2 atom stereocenters. The molecule has 0 aromatic rings. The average Bonchev–Trinajstić information content (AvgIpc) is 2.00. The van der Waals surface area contributed by atoms with Gasteiger partial charge in [-0.2, -0.15) is 0 Å². The Hall–Kier alpha value is -0.460. The van der Waals surface area contributed by atoms with E-state index in [1.54, 1.807) is 0 Å². The number of quaternary nitrogens is 1. The molecule has 0 aromatic heterocycles. The van der Waals surface area contributed by atoms with Crippen molar-refractivity contribution in [3.8, 4) is 0 Å². The first kappa shape index (κ1) is 11.5. The first-order valence-corrected chi connectivity index (χ1v) is 4.47. The molecule has 0 saturated heterocycles. The van der Waals surface area contributed by atoms with E-state index < -0.39 is 26.4 Å². The summed E-state index contributed by atoms with van der Waals surface area (Å²) in [5.41, 5.74) is 3.16. The van der Waals surface area contributed by atoms with Crippen LogP contribution in [0.5, 0.6) is 0 Å². The summed E-state index contributed by atoms with van der Waals surface area (Å²) in [5, 5.41) is 8.30. The van der Waals surface area contributed by atoms with Crippen LogP contribution < -0.4 is 5.73 Å². The summed E-state index contributed by atoms with van der Waals surface area (Å²) in [5.74, 6) is -1.20. The molecule has 0 saturated carbocycles. The van der Waals surface area contributed by atoms with Crippen LogP contribution in [-0.2, 0) is 18.4 Å². The zero-order chi connectivity index (χ0) is 9.78. The molecule has 2 unspecified atom stereocenters. The molecule has 0 spiro atoms. The third kappa shape index (κ3) is 4.42. The number of phosphoric ester groups is 1. The van der Waals surface area contributed by atoms with E-state index in [2.05, 4.69) is 14.8 Å². The van der Waals surface area contributed by atoms with Crippen LogP contribution in [0.4, 0.5) is 0 Å². The quantitative estimate of drug-likeness (QED) is 0.461. The Morgan fingerprint density at radius 3 is 2.58 bits per heavy atom. The van der Waals surface area contributed by atoms with Gasteiger partial charge >= 0.3 is 13.8 Å². The van der Waals surface area contributed by atoms with Gasteiger partial charge in [0.15, 0.2) is 0 Å². The molecule has 0 rings (SSSR count). The third-order valence-electron chi connectivity index (χ3n) is 1.02. The largest absolute Gasteiger partial charge is 0.477 e.